The van der Waals surface area contributed by atoms with Gasteiger partial charge in [0.2, 0.25) is 0 Å². The van der Waals surface area contributed by atoms with Crippen molar-refractivity contribution in [3.63, 3.8) is 0 Å². The maximum absolute atomic E-state index is 12.2. The summed E-state index contributed by atoms with van der Waals surface area (Å²) in [6, 6.07) is 17.1. The van der Waals surface area contributed by atoms with Gasteiger partial charge in [-0.25, -0.2) is 4.79 Å². The maximum Gasteiger partial charge on any atom is 0.341 e. The first kappa shape index (κ1) is 41.7. The lowest BCUT2D eigenvalue weighted by molar-refractivity contribution is -0.139. The number of hydrogen-bond donors (Lipinski definition) is 3. The van der Waals surface area contributed by atoms with Gasteiger partial charge in [0.15, 0.2) is 6.61 Å². The lowest BCUT2D eigenvalue weighted by atomic mass is 9.79. The third-order valence-corrected chi connectivity index (χ3v) is 10.8. The number of hydrogen-bond acceptors (Lipinski definition) is 5. The van der Waals surface area contributed by atoms with Crippen molar-refractivity contribution in [3.8, 4) is 23.0 Å². The maximum atomic E-state index is 12.2. The summed E-state index contributed by atoms with van der Waals surface area (Å²) in [5, 5.41) is 34.2. The molecule has 0 saturated carbocycles. The molecule has 1 aliphatic carbocycles. The second-order valence-electron chi connectivity index (χ2n) is 19.8. The van der Waals surface area contributed by atoms with Crippen molar-refractivity contribution in [2.75, 3.05) is 13.2 Å². The van der Waals surface area contributed by atoms with Gasteiger partial charge in [-0.05, 0) is 94.8 Å². The summed E-state index contributed by atoms with van der Waals surface area (Å²) in [5.41, 5.74) is 10.2. The first-order valence-corrected chi connectivity index (χ1v) is 19.9. The third-order valence-electron chi connectivity index (χ3n) is 10.8. The molecule has 0 spiro atoms. The van der Waals surface area contributed by atoms with Crippen LogP contribution >= 0.6 is 0 Å². The highest BCUT2D eigenvalue weighted by Crippen LogP contribution is 2.43. The van der Waals surface area contributed by atoms with E-state index in [1.165, 1.54) is 0 Å². The monoisotopic (exact) mass is 748 g/mol. The topological polar surface area (TPSA) is 96.2 Å². The summed E-state index contributed by atoms with van der Waals surface area (Å²) in [6.07, 6.45) is 2.34. The molecule has 6 heteroatoms. The standard InChI is InChI=1S/C49H64O6/c1-14-15-54-44-33-17-31-22-37(46(2,3)4)20-29(42(31)52)16-30-21-38(47(5,6)7)23-32(43(30)53)18-34-25-40(49(11,12)13)27-36(45(34)55-28-41(50)51)19-35(44)26-39(24-33)48(8,9)10/h20-27,52-53H,14-19,28H2,1-13H3,(H,50,51). The molecule has 8 bridgehead atoms. The number of benzene rings is 4. The minimum Gasteiger partial charge on any atom is -0.507 e. The molecule has 4 aromatic rings. The second kappa shape index (κ2) is 15.2. The van der Waals surface area contributed by atoms with E-state index in [2.05, 4.69) is 139 Å². The minimum absolute atomic E-state index is 0.171. The summed E-state index contributed by atoms with van der Waals surface area (Å²) < 4.78 is 13.0. The van der Waals surface area contributed by atoms with Crippen LogP contribution in [0.5, 0.6) is 23.0 Å². The fourth-order valence-corrected chi connectivity index (χ4v) is 7.35. The highest BCUT2D eigenvalue weighted by Gasteiger charge is 2.28. The van der Waals surface area contributed by atoms with Crippen LogP contribution in [-0.2, 0) is 52.1 Å². The summed E-state index contributed by atoms with van der Waals surface area (Å²) in [6.45, 7) is 28.3. The zero-order valence-corrected chi connectivity index (χ0v) is 35.6. The van der Waals surface area contributed by atoms with Crippen molar-refractivity contribution in [1.82, 2.24) is 0 Å². The van der Waals surface area contributed by atoms with E-state index in [9.17, 15) is 20.1 Å². The van der Waals surface area contributed by atoms with Gasteiger partial charge in [-0.1, -0.05) is 139 Å². The minimum atomic E-state index is -1.06. The van der Waals surface area contributed by atoms with Gasteiger partial charge in [-0.2, -0.15) is 0 Å². The van der Waals surface area contributed by atoms with Crippen LogP contribution in [-0.4, -0.2) is 34.5 Å². The molecule has 0 unspecified atom stereocenters. The molecule has 1 aliphatic rings. The molecule has 0 radical (unpaired) electrons. The van der Waals surface area contributed by atoms with Crippen molar-refractivity contribution >= 4 is 5.97 Å². The average molecular weight is 749 g/mol. The lowest BCUT2D eigenvalue weighted by Gasteiger charge is -2.28. The number of phenols is 2. The number of carbonyl (C=O) groups is 1. The number of aromatic hydroxyl groups is 2. The molecular formula is C49H64O6. The van der Waals surface area contributed by atoms with Crippen molar-refractivity contribution in [2.24, 2.45) is 0 Å². The summed E-state index contributed by atoms with van der Waals surface area (Å²) >= 11 is 0. The van der Waals surface area contributed by atoms with E-state index >= 15 is 0 Å². The van der Waals surface area contributed by atoms with Gasteiger partial charge in [-0.15, -0.1) is 0 Å². The highest BCUT2D eigenvalue weighted by atomic mass is 16.5. The van der Waals surface area contributed by atoms with Gasteiger partial charge >= 0.3 is 5.97 Å². The van der Waals surface area contributed by atoms with E-state index in [1.54, 1.807) is 0 Å². The van der Waals surface area contributed by atoms with Crippen LogP contribution in [0.15, 0.2) is 48.5 Å². The first-order chi connectivity index (χ1) is 25.4. The fraction of sp³-hybridized carbons (Fsp3) is 0.490. The second-order valence-corrected chi connectivity index (χ2v) is 19.8. The van der Waals surface area contributed by atoms with E-state index in [0.29, 0.717) is 38.0 Å². The number of carboxylic acids is 1. The SMILES string of the molecule is CCCOc1c2cc(C(C)(C)C)cc1Cc1cc(C(C)(C)C)cc(c1OCC(=O)O)Cc1cc(C(C)(C)C)cc(c1O)Cc1cc(C(C)(C)C)cc(c1O)C2. The largest absolute Gasteiger partial charge is 0.507 e. The zero-order chi connectivity index (χ0) is 40.8. The Balaban J connectivity index is 1.96. The van der Waals surface area contributed by atoms with Gasteiger partial charge in [0, 0.05) is 25.7 Å². The predicted molar refractivity (Wildman–Crippen MR) is 224 cm³/mol. The zero-order valence-electron chi connectivity index (χ0n) is 35.6. The van der Waals surface area contributed by atoms with Crippen LogP contribution < -0.4 is 9.47 Å². The van der Waals surface area contributed by atoms with Crippen LogP contribution in [0.4, 0.5) is 0 Å². The molecule has 0 fully saturated rings. The van der Waals surface area contributed by atoms with Crippen molar-refractivity contribution in [3.05, 3.63) is 115 Å². The summed E-state index contributed by atoms with van der Waals surface area (Å²) in [5.74, 6) is 0.651. The Kier molecular flexibility index (Phi) is 11.6. The van der Waals surface area contributed by atoms with E-state index in [0.717, 1.165) is 78.9 Å². The number of ether oxygens (including phenoxy) is 2. The molecule has 0 amide bonds. The highest BCUT2D eigenvalue weighted by molar-refractivity contribution is 5.69. The molecule has 0 aromatic heterocycles. The van der Waals surface area contributed by atoms with E-state index < -0.39 is 12.6 Å². The molecule has 0 atom stereocenters. The summed E-state index contributed by atoms with van der Waals surface area (Å²) in [7, 11) is 0. The van der Waals surface area contributed by atoms with Gasteiger partial charge in [0.05, 0.1) is 6.61 Å². The number of rotatable bonds is 6. The Labute approximate surface area is 329 Å². The molecule has 0 saturated heterocycles. The molecule has 3 N–H and O–H groups in total. The molecular weight excluding hydrogens is 685 g/mol. The van der Waals surface area contributed by atoms with Crippen molar-refractivity contribution < 1.29 is 29.6 Å². The van der Waals surface area contributed by atoms with Crippen LogP contribution in [0.1, 0.15) is 163 Å². The van der Waals surface area contributed by atoms with Crippen molar-refractivity contribution in [1.29, 1.82) is 0 Å². The van der Waals surface area contributed by atoms with Crippen LogP contribution in [0.2, 0.25) is 0 Å². The Bertz CT molecular complexity index is 2080. The first-order valence-electron chi connectivity index (χ1n) is 19.9. The van der Waals surface area contributed by atoms with Crippen LogP contribution in [0, 0.1) is 0 Å². The van der Waals surface area contributed by atoms with Gasteiger partial charge in [0.1, 0.15) is 23.0 Å². The van der Waals surface area contributed by atoms with E-state index in [4.69, 9.17) is 9.47 Å². The lowest BCUT2D eigenvalue weighted by Crippen LogP contribution is -2.18. The normalized spacial score (nSPS) is 13.8. The van der Waals surface area contributed by atoms with Crippen LogP contribution in [0.25, 0.3) is 0 Å². The molecule has 4 aromatic carbocycles. The Morgan fingerprint density at radius 1 is 0.491 bits per heavy atom. The molecule has 55 heavy (non-hydrogen) atoms. The Morgan fingerprint density at radius 3 is 1.02 bits per heavy atom. The fourth-order valence-electron chi connectivity index (χ4n) is 7.35. The van der Waals surface area contributed by atoms with Gasteiger partial charge in [-0.3, -0.25) is 0 Å². The van der Waals surface area contributed by atoms with E-state index in [-0.39, 0.29) is 33.2 Å². The molecule has 0 heterocycles. The summed E-state index contributed by atoms with van der Waals surface area (Å²) in [4.78, 5) is 12.1. The molecule has 5 rings (SSSR count). The van der Waals surface area contributed by atoms with Gasteiger partial charge < -0.3 is 24.8 Å². The quantitative estimate of drug-likeness (QED) is 0.160. The molecule has 296 valence electrons. The average Bonchev–Trinajstić information content (AvgIpc) is 3.04. The number of carboxylic acid groups (broad SMARTS) is 1. The molecule has 0 aliphatic heterocycles. The number of phenolic OH excluding ortho intramolecular Hbond substituents is 2. The molecule has 6 nitrogen and oxygen atoms in total. The van der Waals surface area contributed by atoms with Gasteiger partial charge in [0.25, 0.3) is 0 Å². The Hall–Kier alpha value is -4.45. The Morgan fingerprint density at radius 2 is 0.745 bits per heavy atom. The number of aliphatic carboxylic acids is 1. The van der Waals surface area contributed by atoms with Crippen LogP contribution in [0.3, 0.4) is 0 Å². The predicted octanol–water partition coefficient (Wildman–Crippen LogP) is 11.2. The number of fused-ring (bicyclic) bond motifs is 8. The smallest absolute Gasteiger partial charge is 0.341 e. The van der Waals surface area contributed by atoms with E-state index in [1.807, 2.05) is 0 Å². The third kappa shape index (κ3) is 9.51. The van der Waals surface area contributed by atoms with Crippen molar-refractivity contribution in [2.45, 2.75) is 144 Å².